The van der Waals surface area contributed by atoms with E-state index in [1.165, 1.54) is 6.92 Å². The van der Waals surface area contributed by atoms with Gasteiger partial charge in [-0.3, -0.25) is 4.84 Å². The van der Waals surface area contributed by atoms with Crippen molar-refractivity contribution in [2.24, 2.45) is 0 Å². The largest absolute Gasteiger partial charge is 0.463 e. The lowest BCUT2D eigenvalue weighted by Gasteiger charge is -2.53. The molecule has 0 spiro atoms. The lowest BCUT2D eigenvalue weighted by atomic mass is 9.82. The molecule has 0 aliphatic carbocycles. The standard InChI is InChI=1S/C17H31NO5/c1-8-21-13(19)17(7,14(20)22-9-2)23-18-15(3,4)11-10-12-16(18,5)6/h8-12H2,1-7H3. The molecule has 1 aliphatic heterocycles. The molecule has 23 heavy (non-hydrogen) atoms. The number of piperidine rings is 1. The highest BCUT2D eigenvalue weighted by molar-refractivity contribution is 6.03. The lowest BCUT2D eigenvalue weighted by Crippen LogP contribution is -2.64. The van der Waals surface area contributed by atoms with Crippen LogP contribution in [0, 0.1) is 0 Å². The fraction of sp³-hybridized carbons (Fsp3) is 0.882. The van der Waals surface area contributed by atoms with Crippen molar-refractivity contribution in [3.05, 3.63) is 0 Å². The SMILES string of the molecule is CCOC(=O)C(C)(ON1C(C)(C)CCCC1(C)C)C(=O)OCC. The Labute approximate surface area is 139 Å². The molecular formula is C17H31NO5. The van der Waals surface area contributed by atoms with E-state index >= 15 is 0 Å². The minimum absolute atomic E-state index is 0.171. The van der Waals surface area contributed by atoms with Gasteiger partial charge < -0.3 is 9.47 Å². The van der Waals surface area contributed by atoms with Crippen LogP contribution in [0.2, 0.25) is 0 Å². The zero-order valence-electron chi connectivity index (χ0n) is 15.5. The molecule has 1 fully saturated rings. The van der Waals surface area contributed by atoms with Gasteiger partial charge in [-0.2, -0.15) is 5.06 Å². The van der Waals surface area contributed by atoms with E-state index in [9.17, 15) is 9.59 Å². The number of carbonyl (C=O) groups is 2. The summed E-state index contributed by atoms with van der Waals surface area (Å²) in [7, 11) is 0. The van der Waals surface area contributed by atoms with Crippen molar-refractivity contribution in [3.63, 3.8) is 0 Å². The van der Waals surface area contributed by atoms with Crippen LogP contribution in [0.1, 0.15) is 67.7 Å². The molecule has 0 unspecified atom stereocenters. The number of ether oxygens (including phenoxy) is 2. The van der Waals surface area contributed by atoms with Gasteiger partial charge in [-0.15, -0.1) is 0 Å². The van der Waals surface area contributed by atoms with Crippen LogP contribution in [0.15, 0.2) is 0 Å². The Hall–Kier alpha value is -1.14. The van der Waals surface area contributed by atoms with E-state index in [0.29, 0.717) is 0 Å². The third-order valence-electron chi connectivity index (χ3n) is 4.28. The maximum atomic E-state index is 12.4. The zero-order valence-corrected chi connectivity index (χ0v) is 15.5. The van der Waals surface area contributed by atoms with E-state index in [0.717, 1.165) is 19.3 Å². The number of hydrogen-bond acceptors (Lipinski definition) is 6. The quantitative estimate of drug-likeness (QED) is 0.551. The van der Waals surface area contributed by atoms with Gasteiger partial charge >= 0.3 is 11.9 Å². The molecule has 0 bridgehead atoms. The fourth-order valence-electron chi connectivity index (χ4n) is 3.10. The van der Waals surface area contributed by atoms with Crippen molar-refractivity contribution < 1.29 is 23.9 Å². The Morgan fingerprint density at radius 1 is 0.957 bits per heavy atom. The molecule has 1 saturated heterocycles. The summed E-state index contributed by atoms with van der Waals surface area (Å²) < 4.78 is 10.1. The summed E-state index contributed by atoms with van der Waals surface area (Å²) in [6.45, 7) is 13.3. The lowest BCUT2D eigenvalue weighted by molar-refractivity contribution is -0.324. The van der Waals surface area contributed by atoms with Crippen molar-refractivity contribution >= 4 is 11.9 Å². The van der Waals surface area contributed by atoms with Gasteiger partial charge in [0.15, 0.2) is 0 Å². The van der Waals surface area contributed by atoms with Crippen LogP contribution in [-0.4, -0.2) is 46.9 Å². The monoisotopic (exact) mass is 329 g/mol. The Bertz CT molecular complexity index is 410. The van der Waals surface area contributed by atoms with E-state index in [1.807, 2.05) is 27.7 Å². The van der Waals surface area contributed by atoms with Crippen molar-refractivity contribution in [2.75, 3.05) is 13.2 Å². The van der Waals surface area contributed by atoms with Gasteiger partial charge in [0.2, 0.25) is 0 Å². The smallest absolute Gasteiger partial charge is 0.352 e. The predicted molar refractivity (Wildman–Crippen MR) is 86.6 cm³/mol. The summed E-state index contributed by atoms with van der Waals surface area (Å²) in [5.74, 6) is -1.45. The normalized spacial score (nSPS) is 20.8. The molecule has 6 nitrogen and oxygen atoms in total. The third kappa shape index (κ3) is 4.23. The van der Waals surface area contributed by atoms with Gasteiger partial charge in [0, 0.05) is 11.1 Å². The van der Waals surface area contributed by atoms with Gasteiger partial charge in [0.05, 0.1) is 13.2 Å². The van der Waals surface area contributed by atoms with Crippen LogP contribution in [0.3, 0.4) is 0 Å². The van der Waals surface area contributed by atoms with Crippen molar-refractivity contribution in [1.29, 1.82) is 0 Å². The van der Waals surface area contributed by atoms with Crippen LogP contribution < -0.4 is 0 Å². The third-order valence-corrected chi connectivity index (χ3v) is 4.28. The molecule has 0 radical (unpaired) electrons. The Kier molecular flexibility index (Phi) is 6.21. The van der Waals surface area contributed by atoms with Crippen molar-refractivity contribution in [3.8, 4) is 0 Å². The van der Waals surface area contributed by atoms with Gasteiger partial charge in [0.1, 0.15) is 0 Å². The highest BCUT2D eigenvalue weighted by Gasteiger charge is 2.53. The molecule has 0 amide bonds. The van der Waals surface area contributed by atoms with Crippen molar-refractivity contribution in [2.45, 2.75) is 84.4 Å². The van der Waals surface area contributed by atoms with E-state index in [-0.39, 0.29) is 24.3 Å². The van der Waals surface area contributed by atoms with Gasteiger partial charge in [0.25, 0.3) is 5.60 Å². The summed E-state index contributed by atoms with van der Waals surface area (Å²) in [6, 6.07) is 0. The Balaban J connectivity index is 3.17. The first-order chi connectivity index (χ1) is 10.5. The minimum Gasteiger partial charge on any atom is -0.463 e. The number of esters is 2. The van der Waals surface area contributed by atoms with Gasteiger partial charge in [-0.1, -0.05) is 0 Å². The Morgan fingerprint density at radius 3 is 1.70 bits per heavy atom. The highest BCUT2D eigenvalue weighted by atomic mass is 16.7. The zero-order chi connectivity index (χ0) is 17.9. The number of hydrogen-bond donors (Lipinski definition) is 0. The summed E-state index contributed by atoms with van der Waals surface area (Å²) in [4.78, 5) is 30.8. The molecule has 6 heteroatoms. The van der Waals surface area contributed by atoms with Crippen LogP contribution in [0.5, 0.6) is 0 Å². The molecule has 0 aromatic rings. The molecular weight excluding hydrogens is 298 g/mol. The summed E-state index contributed by atoms with van der Waals surface area (Å²) in [5.41, 5.74) is -2.41. The maximum Gasteiger partial charge on any atom is 0.352 e. The van der Waals surface area contributed by atoms with E-state index in [1.54, 1.807) is 18.9 Å². The first kappa shape index (κ1) is 19.9. The number of hydroxylamine groups is 2. The van der Waals surface area contributed by atoms with Crippen LogP contribution >= 0.6 is 0 Å². The first-order valence-electron chi connectivity index (χ1n) is 8.35. The topological polar surface area (TPSA) is 65.1 Å². The second-order valence-corrected chi connectivity index (χ2v) is 7.34. The van der Waals surface area contributed by atoms with E-state index in [2.05, 4.69) is 0 Å². The molecule has 1 aliphatic rings. The molecule has 0 aromatic heterocycles. The average molecular weight is 329 g/mol. The minimum atomic E-state index is -1.81. The summed E-state index contributed by atoms with van der Waals surface area (Å²) >= 11 is 0. The first-order valence-corrected chi connectivity index (χ1v) is 8.35. The van der Waals surface area contributed by atoms with E-state index in [4.69, 9.17) is 14.3 Å². The Morgan fingerprint density at radius 2 is 1.35 bits per heavy atom. The number of carbonyl (C=O) groups excluding carboxylic acids is 2. The van der Waals surface area contributed by atoms with Crippen LogP contribution in [0.25, 0.3) is 0 Å². The molecule has 1 rings (SSSR count). The molecule has 0 aromatic carbocycles. The van der Waals surface area contributed by atoms with Crippen LogP contribution in [0.4, 0.5) is 0 Å². The molecule has 0 N–H and O–H groups in total. The molecule has 1 heterocycles. The molecule has 0 saturated carbocycles. The maximum absolute atomic E-state index is 12.4. The van der Waals surface area contributed by atoms with Crippen molar-refractivity contribution in [1.82, 2.24) is 5.06 Å². The van der Waals surface area contributed by atoms with Crippen LogP contribution in [-0.2, 0) is 23.9 Å². The van der Waals surface area contributed by atoms with Gasteiger partial charge in [-0.25, -0.2) is 9.59 Å². The van der Waals surface area contributed by atoms with Gasteiger partial charge in [-0.05, 0) is 67.7 Å². The number of nitrogens with zero attached hydrogens (tertiary/aromatic N) is 1. The fourth-order valence-corrected chi connectivity index (χ4v) is 3.10. The second kappa shape index (κ2) is 7.18. The average Bonchev–Trinajstić information content (AvgIpc) is 2.42. The van der Waals surface area contributed by atoms with E-state index < -0.39 is 17.5 Å². The summed E-state index contributed by atoms with van der Waals surface area (Å²) in [5, 5.41) is 1.78. The molecule has 0 atom stereocenters. The highest BCUT2D eigenvalue weighted by Crippen LogP contribution is 2.40. The predicted octanol–water partition coefficient (Wildman–Crippen LogP) is 2.85. The summed E-state index contributed by atoms with van der Waals surface area (Å²) in [6.07, 6.45) is 2.89. The molecule has 134 valence electrons. The number of rotatable bonds is 6. The second-order valence-electron chi connectivity index (χ2n) is 7.34.